The van der Waals surface area contributed by atoms with Crippen LogP contribution in [0.25, 0.3) is 0 Å². The summed E-state index contributed by atoms with van der Waals surface area (Å²) < 4.78 is 30.3. The van der Waals surface area contributed by atoms with Gasteiger partial charge in [-0.15, -0.1) is 0 Å². The van der Waals surface area contributed by atoms with Gasteiger partial charge in [-0.2, -0.15) is 0 Å². The van der Waals surface area contributed by atoms with E-state index < -0.39 is 10.0 Å². The Labute approximate surface area is 89.9 Å². The second kappa shape index (κ2) is 5.89. The van der Waals surface area contributed by atoms with Crippen molar-refractivity contribution in [3.63, 3.8) is 0 Å². The molecular weight excluding hydrogens is 216 g/mol. The van der Waals surface area contributed by atoms with E-state index in [1.807, 2.05) is 6.92 Å². The van der Waals surface area contributed by atoms with Crippen molar-refractivity contribution < 1.29 is 12.8 Å². The molecule has 0 unspecified atom stereocenters. The molecule has 0 fully saturated rings. The van der Waals surface area contributed by atoms with Crippen molar-refractivity contribution in [1.29, 1.82) is 0 Å². The van der Waals surface area contributed by atoms with Crippen LogP contribution in [0.15, 0.2) is 22.8 Å². The van der Waals surface area contributed by atoms with Crippen LogP contribution in [0.3, 0.4) is 0 Å². The molecule has 6 heteroatoms. The maximum Gasteiger partial charge on any atom is 0.213 e. The molecule has 0 aliphatic rings. The Morgan fingerprint density at radius 1 is 1.47 bits per heavy atom. The fourth-order valence-electron chi connectivity index (χ4n) is 1.05. The Hall–Kier alpha value is -0.850. The quantitative estimate of drug-likeness (QED) is 0.664. The number of sulfonamides is 1. The lowest BCUT2D eigenvalue weighted by Gasteiger charge is -2.05. The number of nitrogens with one attached hydrogen (secondary N) is 2. The Kier molecular flexibility index (Phi) is 4.80. The lowest BCUT2D eigenvalue weighted by Crippen LogP contribution is -2.31. The molecule has 0 saturated carbocycles. The topological polar surface area (TPSA) is 71.3 Å². The van der Waals surface area contributed by atoms with Gasteiger partial charge in [0.2, 0.25) is 10.0 Å². The number of hydrogen-bond acceptors (Lipinski definition) is 4. The van der Waals surface area contributed by atoms with E-state index in [0.29, 0.717) is 12.3 Å². The average Bonchev–Trinajstić information content (AvgIpc) is 2.68. The van der Waals surface area contributed by atoms with Crippen LogP contribution >= 0.6 is 0 Å². The Morgan fingerprint density at radius 2 is 2.27 bits per heavy atom. The molecule has 1 rings (SSSR count). The lowest BCUT2D eigenvalue weighted by molar-refractivity contribution is 0.498. The molecule has 5 nitrogen and oxygen atoms in total. The number of hydrogen-bond donors (Lipinski definition) is 2. The molecule has 0 atom stereocenters. The van der Waals surface area contributed by atoms with E-state index >= 15 is 0 Å². The average molecular weight is 232 g/mol. The third-order valence-corrected chi connectivity index (χ3v) is 3.17. The summed E-state index contributed by atoms with van der Waals surface area (Å²) in [5, 5.41) is 2.95. The molecule has 1 aromatic heterocycles. The number of furan rings is 1. The molecule has 0 spiro atoms. The zero-order valence-electron chi connectivity index (χ0n) is 8.69. The van der Waals surface area contributed by atoms with E-state index in [1.165, 1.54) is 6.26 Å². The van der Waals surface area contributed by atoms with Gasteiger partial charge in [0.05, 0.1) is 18.6 Å². The van der Waals surface area contributed by atoms with Gasteiger partial charge in [0.15, 0.2) is 0 Å². The molecule has 86 valence electrons. The fourth-order valence-corrected chi connectivity index (χ4v) is 1.97. The third-order valence-electron chi connectivity index (χ3n) is 1.84. The van der Waals surface area contributed by atoms with Crippen molar-refractivity contribution in [2.24, 2.45) is 0 Å². The van der Waals surface area contributed by atoms with E-state index in [1.54, 1.807) is 12.1 Å². The monoisotopic (exact) mass is 232 g/mol. The zero-order valence-corrected chi connectivity index (χ0v) is 9.51. The molecule has 1 heterocycles. The first kappa shape index (κ1) is 12.2. The molecule has 0 aromatic carbocycles. The highest BCUT2D eigenvalue weighted by molar-refractivity contribution is 7.89. The van der Waals surface area contributed by atoms with Gasteiger partial charge < -0.3 is 9.73 Å². The lowest BCUT2D eigenvalue weighted by atomic mass is 10.5. The normalized spacial score (nSPS) is 11.8. The van der Waals surface area contributed by atoms with E-state index in [4.69, 9.17) is 4.42 Å². The van der Waals surface area contributed by atoms with Crippen LogP contribution < -0.4 is 10.0 Å². The second-order valence-electron chi connectivity index (χ2n) is 3.07. The predicted octanol–water partition coefficient (Wildman–Crippen LogP) is 0.309. The van der Waals surface area contributed by atoms with E-state index in [-0.39, 0.29) is 12.3 Å². The van der Waals surface area contributed by atoms with E-state index in [0.717, 1.165) is 6.54 Å². The molecule has 2 N–H and O–H groups in total. The summed E-state index contributed by atoms with van der Waals surface area (Å²) >= 11 is 0. The first-order valence-electron chi connectivity index (χ1n) is 4.84. The van der Waals surface area contributed by atoms with Gasteiger partial charge in [0, 0.05) is 6.54 Å². The van der Waals surface area contributed by atoms with E-state index in [2.05, 4.69) is 10.0 Å². The molecule has 0 aliphatic carbocycles. The highest BCUT2D eigenvalue weighted by atomic mass is 32.2. The molecule has 0 aliphatic heterocycles. The van der Waals surface area contributed by atoms with Crippen molar-refractivity contribution in [1.82, 2.24) is 10.0 Å². The summed E-state index contributed by atoms with van der Waals surface area (Å²) in [6.45, 7) is 3.38. The highest BCUT2D eigenvalue weighted by Gasteiger charge is 2.09. The van der Waals surface area contributed by atoms with Crippen molar-refractivity contribution in [2.75, 3.05) is 18.8 Å². The van der Waals surface area contributed by atoms with Crippen LogP contribution in [0, 0.1) is 0 Å². The molecule has 0 radical (unpaired) electrons. The van der Waals surface area contributed by atoms with Gasteiger partial charge in [-0.25, -0.2) is 13.1 Å². The van der Waals surface area contributed by atoms with Crippen LogP contribution in [0.4, 0.5) is 0 Å². The molecular formula is C9H16N2O3S. The molecule has 15 heavy (non-hydrogen) atoms. The summed E-state index contributed by atoms with van der Waals surface area (Å²) in [4.78, 5) is 0. The van der Waals surface area contributed by atoms with E-state index in [9.17, 15) is 8.42 Å². The van der Waals surface area contributed by atoms with Crippen molar-refractivity contribution in [3.05, 3.63) is 24.2 Å². The van der Waals surface area contributed by atoms with Crippen molar-refractivity contribution >= 4 is 10.0 Å². The van der Waals surface area contributed by atoms with Gasteiger partial charge in [0.1, 0.15) is 5.76 Å². The zero-order chi connectivity index (χ0) is 11.1. The van der Waals surface area contributed by atoms with Gasteiger partial charge in [-0.1, -0.05) is 6.92 Å². The van der Waals surface area contributed by atoms with Crippen LogP contribution in [-0.2, 0) is 16.6 Å². The minimum atomic E-state index is -3.20. The van der Waals surface area contributed by atoms with Crippen LogP contribution in [0.2, 0.25) is 0 Å². The Morgan fingerprint density at radius 3 is 2.87 bits per heavy atom. The van der Waals surface area contributed by atoms with Crippen molar-refractivity contribution in [2.45, 2.75) is 13.5 Å². The van der Waals surface area contributed by atoms with Gasteiger partial charge in [-0.3, -0.25) is 0 Å². The SMILES string of the molecule is CCNCCS(=O)(=O)NCc1ccco1. The Bertz CT molecular complexity index is 359. The second-order valence-corrected chi connectivity index (χ2v) is 5.00. The molecule has 0 saturated heterocycles. The largest absolute Gasteiger partial charge is 0.468 e. The van der Waals surface area contributed by atoms with Crippen molar-refractivity contribution in [3.8, 4) is 0 Å². The van der Waals surface area contributed by atoms with Gasteiger partial charge >= 0.3 is 0 Å². The molecule has 0 bridgehead atoms. The van der Waals surface area contributed by atoms with Gasteiger partial charge in [0.25, 0.3) is 0 Å². The third kappa shape index (κ3) is 4.96. The molecule has 0 amide bonds. The predicted molar refractivity (Wildman–Crippen MR) is 57.9 cm³/mol. The Balaban J connectivity index is 2.30. The van der Waals surface area contributed by atoms with Gasteiger partial charge in [-0.05, 0) is 18.7 Å². The van der Waals surface area contributed by atoms with Crippen LogP contribution in [0.5, 0.6) is 0 Å². The minimum Gasteiger partial charge on any atom is -0.468 e. The number of rotatable bonds is 7. The smallest absolute Gasteiger partial charge is 0.213 e. The summed E-state index contributed by atoms with van der Waals surface area (Å²) in [5.41, 5.74) is 0. The first-order valence-corrected chi connectivity index (χ1v) is 6.49. The van der Waals surface area contributed by atoms with Crippen LogP contribution in [-0.4, -0.2) is 27.3 Å². The maximum absolute atomic E-state index is 11.4. The summed E-state index contributed by atoms with van der Waals surface area (Å²) in [7, 11) is -3.20. The summed E-state index contributed by atoms with van der Waals surface area (Å²) in [5.74, 6) is 0.698. The van der Waals surface area contributed by atoms with Crippen LogP contribution in [0.1, 0.15) is 12.7 Å². The summed E-state index contributed by atoms with van der Waals surface area (Å²) in [6.07, 6.45) is 1.52. The standard InChI is InChI=1S/C9H16N2O3S/c1-2-10-5-7-15(12,13)11-8-9-4-3-6-14-9/h3-4,6,10-11H,2,5,7-8H2,1H3. The summed E-state index contributed by atoms with van der Waals surface area (Å²) in [6, 6.07) is 3.45. The highest BCUT2D eigenvalue weighted by Crippen LogP contribution is 1.99. The minimum absolute atomic E-state index is 0.0849. The first-order chi connectivity index (χ1) is 7.14. The maximum atomic E-state index is 11.4. The molecule has 1 aromatic rings. The fraction of sp³-hybridized carbons (Fsp3) is 0.556.